The monoisotopic (exact) mass is 207 g/mol. The molecule has 0 heterocycles. The van der Waals surface area contributed by atoms with Crippen molar-refractivity contribution in [3.8, 4) is 0 Å². The van der Waals surface area contributed by atoms with Crippen LogP contribution in [0.15, 0.2) is 22.3 Å². The summed E-state index contributed by atoms with van der Waals surface area (Å²) in [5.41, 5.74) is 12.2. The summed E-state index contributed by atoms with van der Waals surface area (Å²) in [6.45, 7) is 13.4. The highest BCUT2D eigenvalue weighted by Gasteiger charge is 2.26. The van der Waals surface area contributed by atoms with Crippen molar-refractivity contribution in [2.45, 2.75) is 54.0 Å². The van der Waals surface area contributed by atoms with Gasteiger partial charge in [-0.25, -0.2) is 0 Å². The first-order valence-electron chi connectivity index (χ1n) is 5.97. The summed E-state index contributed by atoms with van der Waals surface area (Å²) in [6.07, 6.45) is 1.10. The first kappa shape index (κ1) is 12.5. The Hall–Kier alpha value is -0.560. The van der Waals surface area contributed by atoms with Crippen LogP contribution in [0.1, 0.15) is 48.0 Å². The molecule has 1 rings (SSSR count). The van der Waals surface area contributed by atoms with Crippen LogP contribution in [0.5, 0.6) is 0 Å². The maximum Gasteiger partial charge on any atom is 0.00706 e. The maximum absolute atomic E-state index is 6.17. The van der Waals surface area contributed by atoms with Gasteiger partial charge in [-0.1, -0.05) is 25.0 Å². The van der Waals surface area contributed by atoms with Gasteiger partial charge in [0.1, 0.15) is 0 Å². The highest BCUT2D eigenvalue weighted by atomic mass is 14.6. The third-order valence-corrected chi connectivity index (χ3v) is 4.16. The average molecular weight is 207 g/mol. The normalized spacial score (nSPS) is 20.8. The standard InChI is InChI=1S/C14H25N/c1-8(2)14(15)7-13-11(5)9(3)10(4)12(13)6/h8,13-14H,7,15H2,1-6H3. The van der Waals surface area contributed by atoms with Gasteiger partial charge >= 0.3 is 0 Å². The third kappa shape index (κ3) is 2.34. The van der Waals surface area contributed by atoms with Crippen LogP contribution < -0.4 is 5.73 Å². The number of rotatable bonds is 3. The van der Waals surface area contributed by atoms with E-state index >= 15 is 0 Å². The van der Waals surface area contributed by atoms with Crippen LogP contribution in [0.25, 0.3) is 0 Å². The molecule has 1 heteroatoms. The zero-order valence-electron chi connectivity index (χ0n) is 11.0. The van der Waals surface area contributed by atoms with Crippen molar-refractivity contribution in [2.24, 2.45) is 17.6 Å². The largest absolute Gasteiger partial charge is 0.327 e. The predicted octanol–water partition coefficient (Wildman–Crippen LogP) is 3.66. The number of nitrogens with two attached hydrogens (primary N) is 1. The lowest BCUT2D eigenvalue weighted by Crippen LogP contribution is -2.29. The molecule has 0 spiro atoms. The molecule has 0 saturated heterocycles. The van der Waals surface area contributed by atoms with Crippen molar-refractivity contribution >= 4 is 0 Å². The Labute approximate surface area is 94.4 Å². The highest BCUT2D eigenvalue weighted by Crippen LogP contribution is 2.39. The van der Waals surface area contributed by atoms with Crippen LogP contribution in [0.3, 0.4) is 0 Å². The molecule has 1 atom stereocenters. The first-order valence-corrected chi connectivity index (χ1v) is 5.97. The number of allylic oxidation sites excluding steroid dienone is 4. The summed E-state index contributed by atoms with van der Waals surface area (Å²) in [6, 6.07) is 0.318. The summed E-state index contributed by atoms with van der Waals surface area (Å²) < 4.78 is 0. The van der Waals surface area contributed by atoms with Gasteiger partial charge in [-0.3, -0.25) is 0 Å². The summed E-state index contributed by atoms with van der Waals surface area (Å²) in [7, 11) is 0. The van der Waals surface area contributed by atoms with Gasteiger partial charge in [-0.2, -0.15) is 0 Å². The molecule has 0 bridgehead atoms. The lowest BCUT2D eigenvalue weighted by Gasteiger charge is -2.22. The van der Waals surface area contributed by atoms with Crippen molar-refractivity contribution in [2.75, 3.05) is 0 Å². The second-order valence-electron chi connectivity index (χ2n) is 5.31. The molecule has 0 aromatic rings. The van der Waals surface area contributed by atoms with Gasteiger partial charge < -0.3 is 5.73 Å². The van der Waals surface area contributed by atoms with Gasteiger partial charge in [0.25, 0.3) is 0 Å². The summed E-state index contributed by atoms with van der Waals surface area (Å²) in [5, 5.41) is 0. The van der Waals surface area contributed by atoms with E-state index in [9.17, 15) is 0 Å². The van der Waals surface area contributed by atoms with Gasteiger partial charge in [0, 0.05) is 12.0 Å². The van der Waals surface area contributed by atoms with E-state index in [-0.39, 0.29) is 0 Å². The molecule has 0 fully saturated rings. The van der Waals surface area contributed by atoms with Crippen molar-refractivity contribution in [3.05, 3.63) is 22.3 Å². The Morgan fingerprint density at radius 3 is 1.73 bits per heavy atom. The molecule has 0 aliphatic heterocycles. The molecule has 0 aromatic heterocycles. The van der Waals surface area contributed by atoms with Crippen molar-refractivity contribution in [1.82, 2.24) is 0 Å². The first-order chi connectivity index (χ1) is 6.86. The topological polar surface area (TPSA) is 26.0 Å². The van der Waals surface area contributed by atoms with Crippen LogP contribution in [0, 0.1) is 11.8 Å². The van der Waals surface area contributed by atoms with E-state index in [0.717, 1.165) is 6.42 Å². The molecule has 1 nitrogen and oxygen atoms in total. The minimum absolute atomic E-state index is 0.318. The van der Waals surface area contributed by atoms with Crippen LogP contribution in [0.4, 0.5) is 0 Å². The molecule has 2 N–H and O–H groups in total. The molecule has 1 aliphatic rings. The predicted molar refractivity (Wildman–Crippen MR) is 67.7 cm³/mol. The molecule has 0 radical (unpaired) electrons. The minimum atomic E-state index is 0.318. The molecule has 1 unspecified atom stereocenters. The van der Waals surface area contributed by atoms with E-state index in [1.54, 1.807) is 0 Å². The summed E-state index contributed by atoms with van der Waals surface area (Å²) in [5.74, 6) is 1.18. The Morgan fingerprint density at radius 1 is 1.00 bits per heavy atom. The van der Waals surface area contributed by atoms with Gasteiger partial charge in [0.05, 0.1) is 0 Å². The fraction of sp³-hybridized carbons (Fsp3) is 0.714. The van der Waals surface area contributed by atoms with Crippen molar-refractivity contribution < 1.29 is 0 Å². The molecule has 0 aromatic carbocycles. The van der Waals surface area contributed by atoms with E-state index < -0.39 is 0 Å². The Balaban J connectivity index is 2.81. The molecule has 0 amide bonds. The lowest BCUT2D eigenvalue weighted by molar-refractivity contribution is 0.426. The van der Waals surface area contributed by atoms with Crippen molar-refractivity contribution in [3.63, 3.8) is 0 Å². The average Bonchev–Trinajstić information content (AvgIpc) is 2.35. The lowest BCUT2D eigenvalue weighted by atomic mass is 9.86. The Morgan fingerprint density at radius 2 is 1.40 bits per heavy atom. The maximum atomic E-state index is 6.17. The molecule has 15 heavy (non-hydrogen) atoms. The number of hydrogen-bond donors (Lipinski definition) is 1. The van der Waals surface area contributed by atoms with E-state index in [0.29, 0.717) is 17.9 Å². The number of hydrogen-bond acceptors (Lipinski definition) is 1. The minimum Gasteiger partial charge on any atom is -0.327 e. The van der Waals surface area contributed by atoms with Crippen molar-refractivity contribution in [1.29, 1.82) is 0 Å². The highest BCUT2D eigenvalue weighted by molar-refractivity contribution is 5.46. The molecule has 1 aliphatic carbocycles. The van der Waals surface area contributed by atoms with Crippen LogP contribution in [0.2, 0.25) is 0 Å². The second kappa shape index (κ2) is 4.52. The van der Waals surface area contributed by atoms with Crippen LogP contribution in [-0.4, -0.2) is 6.04 Å². The van der Waals surface area contributed by atoms with E-state index in [2.05, 4.69) is 41.5 Å². The fourth-order valence-electron chi connectivity index (χ4n) is 2.34. The zero-order valence-corrected chi connectivity index (χ0v) is 11.0. The van der Waals surface area contributed by atoms with Gasteiger partial charge in [0.15, 0.2) is 0 Å². The molecule has 86 valence electrons. The molecule has 0 saturated carbocycles. The van der Waals surface area contributed by atoms with Crippen LogP contribution in [-0.2, 0) is 0 Å². The van der Waals surface area contributed by atoms with Gasteiger partial charge in [0.2, 0.25) is 0 Å². The second-order valence-corrected chi connectivity index (χ2v) is 5.31. The zero-order chi connectivity index (χ0) is 11.7. The fourth-order valence-corrected chi connectivity index (χ4v) is 2.34. The smallest absolute Gasteiger partial charge is 0.00706 e. The molecular weight excluding hydrogens is 182 g/mol. The molecular formula is C14H25N. The Kier molecular flexibility index (Phi) is 3.77. The summed E-state index contributed by atoms with van der Waals surface area (Å²) >= 11 is 0. The summed E-state index contributed by atoms with van der Waals surface area (Å²) in [4.78, 5) is 0. The van der Waals surface area contributed by atoms with Gasteiger partial charge in [-0.15, -0.1) is 0 Å². The third-order valence-electron chi connectivity index (χ3n) is 4.16. The van der Waals surface area contributed by atoms with E-state index in [1.165, 1.54) is 22.3 Å². The SMILES string of the molecule is CC1=C(C)C(CC(N)C(C)C)C(C)=C1C. The van der Waals surface area contributed by atoms with Gasteiger partial charge in [-0.05, 0) is 51.2 Å². The van der Waals surface area contributed by atoms with Crippen LogP contribution >= 0.6 is 0 Å². The van der Waals surface area contributed by atoms with E-state index in [4.69, 9.17) is 5.73 Å². The Bertz CT molecular complexity index is 283. The quantitative estimate of drug-likeness (QED) is 0.751. The van der Waals surface area contributed by atoms with E-state index in [1.807, 2.05) is 0 Å².